The van der Waals surface area contributed by atoms with Crippen molar-refractivity contribution in [1.82, 2.24) is 4.57 Å². The predicted octanol–water partition coefficient (Wildman–Crippen LogP) is 1.96. The number of sulfonamides is 1. The van der Waals surface area contributed by atoms with E-state index < -0.39 is 22.5 Å². The first-order chi connectivity index (χ1) is 9.80. The SMILES string of the molecule is Cn1ccc(S(=O)(=O)N(CC(=O)O)c2ccc(Cl)cc2)c1. The number of carboxylic acids is 1. The van der Waals surface area contributed by atoms with Gasteiger partial charge in [0.25, 0.3) is 10.0 Å². The standard InChI is InChI=1S/C13H13ClN2O4S/c1-15-7-6-12(8-15)21(19,20)16(9-13(17)18)11-4-2-10(14)3-5-11/h2-8H,9H2,1H3,(H,17,18). The molecule has 0 saturated carbocycles. The molecular formula is C13H13ClN2O4S. The van der Waals surface area contributed by atoms with Crippen LogP contribution in [0.5, 0.6) is 0 Å². The summed E-state index contributed by atoms with van der Waals surface area (Å²) in [5, 5.41) is 9.41. The number of rotatable bonds is 5. The lowest BCUT2D eigenvalue weighted by Gasteiger charge is -2.22. The van der Waals surface area contributed by atoms with Gasteiger partial charge >= 0.3 is 5.97 Å². The first kappa shape index (κ1) is 15.4. The van der Waals surface area contributed by atoms with Gasteiger partial charge in [0.05, 0.1) is 5.69 Å². The summed E-state index contributed by atoms with van der Waals surface area (Å²) in [6.45, 7) is -0.668. The van der Waals surface area contributed by atoms with E-state index in [0.717, 1.165) is 4.31 Å². The third-order valence-corrected chi connectivity index (χ3v) is 4.80. The van der Waals surface area contributed by atoms with Crippen molar-refractivity contribution in [2.24, 2.45) is 7.05 Å². The van der Waals surface area contributed by atoms with Gasteiger partial charge in [0.15, 0.2) is 0 Å². The van der Waals surface area contributed by atoms with E-state index in [0.29, 0.717) is 5.02 Å². The van der Waals surface area contributed by atoms with Crippen LogP contribution in [0, 0.1) is 0 Å². The lowest BCUT2D eigenvalue weighted by atomic mass is 10.3. The zero-order valence-corrected chi connectivity index (χ0v) is 12.7. The maximum absolute atomic E-state index is 12.6. The molecule has 1 aromatic carbocycles. The zero-order valence-electron chi connectivity index (χ0n) is 11.1. The lowest BCUT2D eigenvalue weighted by molar-refractivity contribution is -0.135. The quantitative estimate of drug-likeness (QED) is 0.910. The molecule has 0 atom stereocenters. The number of hydrogen-bond donors (Lipinski definition) is 1. The average molecular weight is 329 g/mol. The molecule has 112 valence electrons. The van der Waals surface area contributed by atoms with Gasteiger partial charge in [-0.05, 0) is 30.3 Å². The maximum Gasteiger partial charge on any atom is 0.324 e. The van der Waals surface area contributed by atoms with E-state index in [1.54, 1.807) is 17.8 Å². The Morgan fingerprint density at radius 2 is 1.90 bits per heavy atom. The fraction of sp³-hybridized carbons (Fsp3) is 0.154. The summed E-state index contributed by atoms with van der Waals surface area (Å²) in [6.07, 6.45) is 2.99. The molecule has 0 bridgehead atoms. The van der Waals surface area contributed by atoms with Gasteiger partial charge in [-0.25, -0.2) is 8.42 Å². The number of aryl methyl sites for hydroxylation is 1. The van der Waals surface area contributed by atoms with Gasteiger partial charge in [0, 0.05) is 24.5 Å². The Bertz CT molecular complexity index is 753. The zero-order chi connectivity index (χ0) is 15.6. The second-order valence-corrected chi connectivity index (χ2v) is 6.69. The average Bonchev–Trinajstić information content (AvgIpc) is 2.84. The van der Waals surface area contributed by atoms with Gasteiger partial charge in [-0.15, -0.1) is 0 Å². The number of benzene rings is 1. The molecule has 0 radical (unpaired) electrons. The van der Waals surface area contributed by atoms with Crippen LogP contribution in [0.1, 0.15) is 0 Å². The Hall–Kier alpha value is -1.99. The van der Waals surface area contributed by atoms with Crippen molar-refractivity contribution < 1.29 is 18.3 Å². The summed E-state index contributed by atoms with van der Waals surface area (Å²) in [5.41, 5.74) is 0.241. The van der Waals surface area contributed by atoms with Crippen molar-refractivity contribution in [2.45, 2.75) is 4.90 Å². The summed E-state index contributed by atoms with van der Waals surface area (Å²) in [6, 6.07) is 7.36. The van der Waals surface area contributed by atoms with Crippen molar-refractivity contribution in [3.8, 4) is 0 Å². The summed E-state index contributed by atoms with van der Waals surface area (Å²) < 4.78 is 27.6. The Balaban J connectivity index is 2.49. The fourth-order valence-corrected chi connectivity index (χ4v) is 3.40. The van der Waals surface area contributed by atoms with E-state index in [2.05, 4.69) is 0 Å². The molecule has 2 rings (SSSR count). The van der Waals surface area contributed by atoms with Gasteiger partial charge < -0.3 is 9.67 Å². The van der Waals surface area contributed by atoms with E-state index in [-0.39, 0.29) is 10.6 Å². The molecule has 0 amide bonds. The Labute approximate surface area is 127 Å². The van der Waals surface area contributed by atoms with Crippen LogP contribution in [0.4, 0.5) is 5.69 Å². The molecule has 0 spiro atoms. The van der Waals surface area contributed by atoms with Crippen molar-refractivity contribution in [1.29, 1.82) is 0 Å². The molecule has 21 heavy (non-hydrogen) atoms. The molecule has 0 aliphatic carbocycles. The van der Waals surface area contributed by atoms with Gasteiger partial charge in [0.2, 0.25) is 0 Å². The molecule has 2 aromatic rings. The second kappa shape index (κ2) is 5.79. The number of halogens is 1. The minimum atomic E-state index is -3.95. The van der Waals surface area contributed by atoms with E-state index >= 15 is 0 Å². The molecule has 0 unspecified atom stereocenters. The molecule has 8 heteroatoms. The van der Waals surface area contributed by atoms with Crippen molar-refractivity contribution in [3.05, 3.63) is 47.7 Å². The van der Waals surface area contributed by atoms with Crippen LogP contribution >= 0.6 is 11.6 Å². The predicted molar refractivity (Wildman–Crippen MR) is 79.0 cm³/mol. The van der Waals surface area contributed by atoms with E-state index in [1.165, 1.54) is 36.5 Å². The van der Waals surface area contributed by atoms with Crippen LogP contribution in [-0.2, 0) is 21.9 Å². The first-order valence-corrected chi connectivity index (χ1v) is 7.74. The van der Waals surface area contributed by atoms with Crippen LogP contribution in [-0.4, -0.2) is 30.6 Å². The third-order valence-electron chi connectivity index (χ3n) is 2.79. The van der Waals surface area contributed by atoms with Crippen molar-refractivity contribution >= 4 is 33.3 Å². The molecule has 0 aliphatic rings. The second-order valence-electron chi connectivity index (χ2n) is 4.39. The monoisotopic (exact) mass is 328 g/mol. The van der Waals surface area contributed by atoms with Gasteiger partial charge in [-0.1, -0.05) is 11.6 Å². The first-order valence-electron chi connectivity index (χ1n) is 5.93. The number of carbonyl (C=O) groups is 1. The summed E-state index contributed by atoms with van der Waals surface area (Å²) >= 11 is 5.77. The van der Waals surface area contributed by atoms with Crippen molar-refractivity contribution in [2.75, 3.05) is 10.8 Å². The number of hydrogen-bond acceptors (Lipinski definition) is 3. The van der Waals surface area contributed by atoms with E-state index in [9.17, 15) is 13.2 Å². The smallest absolute Gasteiger partial charge is 0.324 e. The highest BCUT2D eigenvalue weighted by Crippen LogP contribution is 2.25. The molecule has 6 nitrogen and oxygen atoms in total. The van der Waals surface area contributed by atoms with Crippen LogP contribution in [0.2, 0.25) is 5.02 Å². The van der Waals surface area contributed by atoms with Crippen LogP contribution < -0.4 is 4.31 Å². The number of carboxylic acid groups (broad SMARTS) is 1. The fourth-order valence-electron chi connectivity index (χ4n) is 1.80. The molecule has 0 fully saturated rings. The van der Waals surface area contributed by atoms with Crippen LogP contribution in [0.3, 0.4) is 0 Å². The van der Waals surface area contributed by atoms with E-state index in [1.807, 2.05) is 0 Å². The Kier molecular flexibility index (Phi) is 4.24. The largest absolute Gasteiger partial charge is 0.480 e. The Morgan fingerprint density at radius 1 is 1.29 bits per heavy atom. The molecule has 0 saturated heterocycles. The number of aromatic nitrogens is 1. The Morgan fingerprint density at radius 3 is 2.38 bits per heavy atom. The summed E-state index contributed by atoms with van der Waals surface area (Å²) in [7, 11) is -2.27. The van der Waals surface area contributed by atoms with Crippen molar-refractivity contribution in [3.63, 3.8) is 0 Å². The topological polar surface area (TPSA) is 79.6 Å². The van der Waals surface area contributed by atoms with Gasteiger partial charge in [0.1, 0.15) is 11.4 Å². The highest BCUT2D eigenvalue weighted by atomic mass is 35.5. The summed E-state index contributed by atoms with van der Waals surface area (Å²) in [5.74, 6) is -1.25. The van der Waals surface area contributed by atoms with Crippen LogP contribution in [0.15, 0.2) is 47.6 Å². The van der Waals surface area contributed by atoms with E-state index in [4.69, 9.17) is 16.7 Å². The molecule has 1 heterocycles. The lowest BCUT2D eigenvalue weighted by Crippen LogP contribution is -2.35. The molecule has 1 aromatic heterocycles. The normalized spacial score (nSPS) is 11.3. The van der Waals surface area contributed by atoms with Crippen LogP contribution in [0.25, 0.3) is 0 Å². The molecule has 1 N–H and O–H groups in total. The maximum atomic E-state index is 12.6. The highest BCUT2D eigenvalue weighted by Gasteiger charge is 2.27. The molecular weight excluding hydrogens is 316 g/mol. The number of anilines is 1. The third kappa shape index (κ3) is 3.37. The minimum Gasteiger partial charge on any atom is -0.480 e. The highest BCUT2D eigenvalue weighted by molar-refractivity contribution is 7.92. The number of aliphatic carboxylic acids is 1. The van der Waals surface area contributed by atoms with Gasteiger partial charge in [-0.3, -0.25) is 9.10 Å². The summed E-state index contributed by atoms with van der Waals surface area (Å²) in [4.78, 5) is 11.0. The number of nitrogens with zero attached hydrogens (tertiary/aromatic N) is 2. The molecule has 0 aliphatic heterocycles. The minimum absolute atomic E-state index is 0.0289. The van der Waals surface area contributed by atoms with Gasteiger partial charge in [-0.2, -0.15) is 0 Å².